The van der Waals surface area contributed by atoms with Gasteiger partial charge in [0.05, 0.1) is 6.08 Å². The molecule has 0 atom stereocenters. The van der Waals surface area contributed by atoms with E-state index in [4.69, 9.17) is 5.73 Å². The first-order chi connectivity index (χ1) is 3.79. The van der Waals surface area contributed by atoms with E-state index < -0.39 is 0 Å². The molecule has 0 aromatic rings. The molecule has 1 heterocycles. The molecule has 3 N–H and O–H groups in total. The van der Waals surface area contributed by atoms with Crippen LogP contribution in [0.15, 0.2) is 12.3 Å². The zero-order chi connectivity index (χ0) is 5.98. The van der Waals surface area contributed by atoms with Crippen molar-refractivity contribution in [2.24, 2.45) is 5.73 Å². The van der Waals surface area contributed by atoms with Gasteiger partial charge in [-0.25, -0.2) is 5.32 Å². The second-order valence-corrected chi connectivity index (χ2v) is 1.32. The fourth-order valence-corrected chi connectivity index (χ4v) is 0.385. The summed E-state index contributed by atoms with van der Waals surface area (Å²) in [4.78, 5) is 13.9. The lowest BCUT2D eigenvalue weighted by atomic mass is 10.5. The Morgan fingerprint density at radius 2 is 2.50 bits per heavy atom. The monoisotopic (exact) mass is 111 g/mol. The minimum Gasteiger partial charge on any atom is -0.287 e. The van der Waals surface area contributed by atoms with Crippen molar-refractivity contribution in [1.29, 1.82) is 0 Å². The number of hydrogen-bond acceptors (Lipinski definition) is 3. The van der Waals surface area contributed by atoms with Gasteiger partial charge in [-0.05, 0) is 0 Å². The van der Waals surface area contributed by atoms with Gasteiger partial charge in [-0.1, -0.05) is 4.99 Å². The number of nitrogens with two attached hydrogens (primary N) is 1. The Hall–Kier alpha value is -1.32. The fourth-order valence-electron chi connectivity index (χ4n) is 0.385. The first kappa shape index (κ1) is 4.83. The fraction of sp³-hybridized carbons (Fsp3) is 0. The minimum absolute atomic E-state index is 0.150. The quantitative estimate of drug-likeness (QED) is 0.390. The molecule has 1 amide bonds. The molecule has 0 aromatic carbocycles. The van der Waals surface area contributed by atoms with Crippen LogP contribution in [0.3, 0.4) is 0 Å². The number of nitrogens with zero attached hydrogens (tertiary/aromatic N) is 1. The molecule has 41 valence electrons. The Kier molecular flexibility index (Phi) is 0.997. The van der Waals surface area contributed by atoms with Crippen LogP contribution in [0.4, 0.5) is 0 Å². The third kappa shape index (κ3) is 0.841. The van der Waals surface area contributed by atoms with E-state index in [9.17, 15) is 4.79 Å². The van der Waals surface area contributed by atoms with Gasteiger partial charge in [-0.15, -0.1) is 0 Å². The molecule has 1 radical (unpaired) electrons. The van der Waals surface area contributed by atoms with Gasteiger partial charge in [0.1, 0.15) is 6.20 Å². The lowest BCUT2D eigenvalue weighted by molar-refractivity contribution is -0.115. The zero-order valence-corrected chi connectivity index (χ0v) is 4.09. The number of nitrogens with one attached hydrogen (secondary N) is 1. The van der Waals surface area contributed by atoms with Gasteiger partial charge in [0, 0.05) is 0 Å². The molecule has 0 saturated heterocycles. The molecular weight excluding hydrogens is 106 g/mol. The predicted octanol–water partition coefficient (Wildman–Crippen LogP) is -1.72. The summed E-state index contributed by atoms with van der Waals surface area (Å²) in [5.41, 5.74) is 5.09. The van der Waals surface area contributed by atoms with Crippen LogP contribution in [0, 0.1) is 0 Å². The summed E-state index contributed by atoms with van der Waals surface area (Å²) in [5.74, 6) is -0.0741. The van der Waals surface area contributed by atoms with Crippen LogP contribution in [0.5, 0.6) is 0 Å². The van der Waals surface area contributed by atoms with E-state index in [1.165, 1.54) is 12.3 Å². The standard InChI is InChI=1S/C4H5N3O/c5-4-6-2-1-3(8)7-4/h1-2H,(H3,5,7,8)/q+1. The topological polar surface area (TPSA) is 69.2 Å². The van der Waals surface area contributed by atoms with Crippen LogP contribution in [0.2, 0.25) is 0 Å². The van der Waals surface area contributed by atoms with E-state index in [0.717, 1.165) is 0 Å². The number of aliphatic imine (C=N–C) groups is 1. The maximum absolute atomic E-state index is 10.3. The van der Waals surface area contributed by atoms with Gasteiger partial charge in [-0.2, -0.15) is 0 Å². The summed E-state index contributed by atoms with van der Waals surface area (Å²) in [6.07, 6.45) is 2.66. The minimum atomic E-state index is -0.225. The highest BCUT2D eigenvalue weighted by molar-refractivity contribution is 6.02. The molecule has 0 fully saturated rings. The van der Waals surface area contributed by atoms with E-state index >= 15 is 0 Å². The Bertz CT molecular complexity index is 170. The molecule has 8 heavy (non-hydrogen) atoms. The number of carbonyl (C=O) groups excluding carboxylic acids is 1. The molecule has 0 bridgehead atoms. The first-order valence-corrected chi connectivity index (χ1v) is 2.10. The van der Waals surface area contributed by atoms with E-state index in [-0.39, 0.29) is 11.9 Å². The number of carbonyl (C=O) groups is 1. The molecule has 0 saturated carbocycles. The molecule has 1 aliphatic rings. The van der Waals surface area contributed by atoms with Crippen LogP contribution >= 0.6 is 0 Å². The van der Waals surface area contributed by atoms with Crippen LogP contribution in [0.25, 0.3) is 0 Å². The maximum atomic E-state index is 10.3. The first-order valence-electron chi connectivity index (χ1n) is 2.10. The third-order valence-corrected chi connectivity index (χ3v) is 0.691. The Morgan fingerprint density at radius 3 is 2.88 bits per heavy atom. The molecule has 0 aliphatic carbocycles. The second kappa shape index (κ2) is 1.65. The lowest BCUT2D eigenvalue weighted by Gasteiger charge is -1.91. The molecule has 4 nitrogen and oxygen atoms in total. The smallest absolute Gasteiger partial charge is 0.287 e. The van der Waals surface area contributed by atoms with Crippen molar-refractivity contribution in [3.8, 4) is 0 Å². The van der Waals surface area contributed by atoms with Gasteiger partial charge >= 0.3 is 11.9 Å². The zero-order valence-electron chi connectivity index (χ0n) is 4.09. The molecule has 0 spiro atoms. The molecule has 1 aliphatic heterocycles. The molecule has 0 aromatic heterocycles. The van der Waals surface area contributed by atoms with Gasteiger partial charge in [0.2, 0.25) is 0 Å². The molecule has 1 rings (SSSR count). The number of amides is 1. The van der Waals surface area contributed by atoms with Crippen molar-refractivity contribution < 1.29 is 4.79 Å². The maximum Gasteiger partial charge on any atom is 0.389 e. The lowest BCUT2D eigenvalue weighted by Crippen LogP contribution is -2.40. The van der Waals surface area contributed by atoms with Crippen molar-refractivity contribution in [2.75, 3.05) is 0 Å². The van der Waals surface area contributed by atoms with E-state index in [2.05, 4.69) is 10.3 Å². The van der Waals surface area contributed by atoms with E-state index in [1.54, 1.807) is 0 Å². The molecule has 0 unspecified atom stereocenters. The van der Waals surface area contributed by atoms with Crippen molar-refractivity contribution in [2.45, 2.75) is 0 Å². The van der Waals surface area contributed by atoms with Crippen molar-refractivity contribution >= 4 is 11.9 Å². The summed E-state index contributed by atoms with van der Waals surface area (Å²) in [7, 11) is 0. The average Bonchev–Trinajstić information content (AvgIpc) is 1.64. The Morgan fingerprint density at radius 1 is 1.75 bits per heavy atom. The number of guanidine groups is 1. The summed E-state index contributed by atoms with van der Waals surface area (Å²) in [6, 6.07) is 0. The van der Waals surface area contributed by atoms with Crippen molar-refractivity contribution in [1.82, 2.24) is 10.3 Å². The van der Waals surface area contributed by atoms with Crippen LogP contribution in [-0.2, 0) is 4.79 Å². The number of rotatable bonds is 0. The SMILES string of the molecule is NC1=[N+]C=CC(=O)N1. The summed E-state index contributed by atoms with van der Waals surface area (Å²) < 4.78 is 0. The summed E-state index contributed by atoms with van der Waals surface area (Å²) in [6.45, 7) is 0. The van der Waals surface area contributed by atoms with E-state index in [0.29, 0.717) is 0 Å². The van der Waals surface area contributed by atoms with Gasteiger partial charge in [-0.3, -0.25) is 10.5 Å². The number of hydrogen-bond donors (Lipinski definition) is 2. The normalized spacial score (nSPS) is 17.5. The van der Waals surface area contributed by atoms with Crippen LogP contribution in [-0.4, -0.2) is 11.9 Å². The second-order valence-electron chi connectivity index (χ2n) is 1.32. The highest BCUT2D eigenvalue weighted by Crippen LogP contribution is 1.72. The van der Waals surface area contributed by atoms with Gasteiger partial charge in [0.15, 0.2) is 0 Å². The van der Waals surface area contributed by atoms with Crippen molar-refractivity contribution in [3.05, 3.63) is 12.3 Å². The highest BCUT2D eigenvalue weighted by Gasteiger charge is 2.09. The van der Waals surface area contributed by atoms with Gasteiger partial charge in [0.25, 0.3) is 0 Å². The van der Waals surface area contributed by atoms with Gasteiger partial charge < -0.3 is 0 Å². The Balaban J connectivity index is 2.73. The highest BCUT2D eigenvalue weighted by atomic mass is 16.1. The predicted molar refractivity (Wildman–Crippen MR) is 28.6 cm³/mol. The summed E-state index contributed by atoms with van der Waals surface area (Å²) in [5, 5.41) is 2.28. The summed E-state index contributed by atoms with van der Waals surface area (Å²) >= 11 is 0. The van der Waals surface area contributed by atoms with Crippen LogP contribution in [0.1, 0.15) is 0 Å². The largest absolute Gasteiger partial charge is 0.389 e. The van der Waals surface area contributed by atoms with Crippen LogP contribution < -0.4 is 16.0 Å². The molecule has 4 heteroatoms. The average molecular weight is 111 g/mol. The third-order valence-electron chi connectivity index (χ3n) is 0.691. The Labute approximate surface area is 46.1 Å². The van der Waals surface area contributed by atoms with E-state index in [1.807, 2.05) is 0 Å². The molecular formula is C4H5N3O+. The van der Waals surface area contributed by atoms with Crippen molar-refractivity contribution in [3.63, 3.8) is 0 Å².